The topological polar surface area (TPSA) is 95.1 Å². The van der Waals surface area contributed by atoms with E-state index in [1.807, 2.05) is 12.1 Å². The Morgan fingerprint density at radius 1 is 1.19 bits per heavy atom. The summed E-state index contributed by atoms with van der Waals surface area (Å²) in [6, 6.07) is 10.1. The molecule has 3 N–H and O–H groups in total. The molecule has 8 nitrogen and oxygen atoms in total. The third kappa shape index (κ3) is 4.03. The second-order valence-corrected chi connectivity index (χ2v) is 7.76. The van der Waals surface area contributed by atoms with Crippen LogP contribution >= 0.6 is 0 Å². The van der Waals surface area contributed by atoms with Crippen molar-refractivity contribution >= 4 is 35.0 Å². The van der Waals surface area contributed by atoms with Crippen molar-refractivity contribution in [3.05, 3.63) is 53.3 Å². The number of nitrogens with zero attached hydrogens (tertiary/aromatic N) is 2. The van der Waals surface area contributed by atoms with E-state index in [9.17, 15) is 9.59 Å². The van der Waals surface area contributed by atoms with E-state index in [1.54, 1.807) is 18.2 Å². The summed E-state index contributed by atoms with van der Waals surface area (Å²) in [6.45, 7) is 2.23. The lowest BCUT2D eigenvalue weighted by atomic mass is 10.0. The zero-order chi connectivity index (χ0) is 21.4. The highest BCUT2D eigenvalue weighted by molar-refractivity contribution is 6.03. The van der Waals surface area contributed by atoms with Crippen LogP contribution in [-0.2, 0) is 4.74 Å². The summed E-state index contributed by atoms with van der Waals surface area (Å²) in [4.78, 5) is 29.9. The van der Waals surface area contributed by atoms with Gasteiger partial charge >= 0.3 is 6.09 Å². The number of ether oxygens (including phenoxy) is 1. The molecule has 0 aromatic heterocycles. The third-order valence-corrected chi connectivity index (χ3v) is 5.50. The maximum atomic E-state index is 15.1. The van der Waals surface area contributed by atoms with E-state index in [1.165, 1.54) is 11.0 Å². The fourth-order valence-corrected chi connectivity index (χ4v) is 3.79. The predicted molar refractivity (Wildman–Crippen MR) is 115 cm³/mol. The van der Waals surface area contributed by atoms with E-state index >= 15 is 4.39 Å². The number of hydrogen-bond donors (Lipinski definition) is 3. The van der Waals surface area contributed by atoms with Crippen molar-refractivity contribution < 1.29 is 18.7 Å². The molecule has 2 amide bonds. The largest absolute Gasteiger partial charge is 0.447 e. The monoisotopic (exact) mass is 423 g/mol. The van der Waals surface area contributed by atoms with Gasteiger partial charge in [-0.05, 0) is 54.7 Å². The van der Waals surface area contributed by atoms with Gasteiger partial charge in [0.2, 0.25) is 0 Å². The average molecular weight is 423 g/mol. The molecular weight excluding hydrogens is 401 g/mol. The first-order valence-corrected chi connectivity index (χ1v) is 10.3. The molecule has 2 aromatic carbocycles. The van der Waals surface area contributed by atoms with E-state index < -0.39 is 17.8 Å². The number of aliphatic imine (C=N–C) groups is 1. The van der Waals surface area contributed by atoms with Crippen LogP contribution in [-0.4, -0.2) is 44.2 Å². The molecule has 0 spiro atoms. The standard InChI is InChI=1S/C22H22FN5O3/c23-18-11-14(20(29)27-21-24-6-7-25-21)10-17(13-4-5-13)19(18)26-15-2-1-3-16(12-15)28-8-9-31-22(28)30/h1-3,10-13,26H,4-9H2,(H2,24,25,27,29). The molecule has 9 heteroatoms. The molecule has 2 saturated heterocycles. The van der Waals surface area contributed by atoms with E-state index in [4.69, 9.17) is 4.74 Å². The molecule has 2 heterocycles. The van der Waals surface area contributed by atoms with Gasteiger partial charge in [0, 0.05) is 30.0 Å². The minimum atomic E-state index is -0.508. The van der Waals surface area contributed by atoms with Crippen LogP contribution in [0.25, 0.3) is 0 Å². The number of cyclic esters (lactones) is 1. The lowest BCUT2D eigenvalue weighted by molar-refractivity contribution is 0.100. The van der Waals surface area contributed by atoms with Crippen molar-refractivity contribution in [3.8, 4) is 0 Å². The lowest BCUT2D eigenvalue weighted by Crippen LogP contribution is -2.25. The molecule has 0 bridgehead atoms. The van der Waals surface area contributed by atoms with Gasteiger partial charge in [-0.1, -0.05) is 6.07 Å². The van der Waals surface area contributed by atoms with E-state index in [0.29, 0.717) is 49.3 Å². The van der Waals surface area contributed by atoms with Gasteiger partial charge in [-0.3, -0.25) is 9.69 Å². The fraction of sp³-hybridized carbons (Fsp3) is 0.318. The summed E-state index contributed by atoms with van der Waals surface area (Å²) in [5, 5.41) is 9.10. The van der Waals surface area contributed by atoms with E-state index in [2.05, 4.69) is 20.9 Å². The number of nitrogens with one attached hydrogen (secondary N) is 3. The molecular formula is C22H22FN5O3. The van der Waals surface area contributed by atoms with E-state index in [-0.39, 0.29) is 11.5 Å². The van der Waals surface area contributed by atoms with Gasteiger partial charge in [-0.25, -0.2) is 9.18 Å². The van der Waals surface area contributed by atoms with Crippen LogP contribution in [0.2, 0.25) is 0 Å². The number of hydrogen-bond acceptors (Lipinski definition) is 4. The Morgan fingerprint density at radius 3 is 2.71 bits per heavy atom. The van der Waals surface area contributed by atoms with Crippen LogP contribution in [0.5, 0.6) is 0 Å². The van der Waals surface area contributed by atoms with Gasteiger partial charge in [-0.2, -0.15) is 4.99 Å². The second kappa shape index (κ2) is 7.90. The Balaban J connectivity index is 1.44. The fourth-order valence-electron chi connectivity index (χ4n) is 3.79. The molecule has 2 aromatic rings. The Kier molecular flexibility index (Phi) is 4.93. The van der Waals surface area contributed by atoms with Gasteiger partial charge in [0.05, 0.1) is 12.2 Å². The highest BCUT2D eigenvalue weighted by Crippen LogP contribution is 2.45. The van der Waals surface area contributed by atoms with Crippen molar-refractivity contribution in [3.63, 3.8) is 0 Å². The number of rotatable bonds is 5. The Bertz CT molecular complexity index is 1070. The first-order chi connectivity index (χ1) is 15.1. The number of halogens is 1. The summed E-state index contributed by atoms with van der Waals surface area (Å²) in [5.41, 5.74) is 2.67. The Morgan fingerprint density at radius 2 is 2.00 bits per heavy atom. The Hall–Kier alpha value is -3.62. The molecule has 0 radical (unpaired) electrons. The maximum Gasteiger partial charge on any atom is 0.414 e. The number of carbonyl (C=O) groups excluding carboxylic acids is 2. The molecule has 5 rings (SSSR count). The predicted octanol–water partition coefficient (Wildman–Crippen LogP) is 3.09. The smallest absolute Gasteiger partial charge is 0.414 e. The first-order valence-electron chi connectivity index (χ1n) is 10.3. The second-order valence-electron chi connectivity index (χ2n) is 7.76. The number of carbonyl (C=O) groups is 2. The van der Waals surface area contributed by atoms with Crippen molar-refractivity contribution in [2.24, 2.45) is 4.99 Å². The quantitative estimate of drug-likeness (QED) is 0.684. The summed E-state index contributed by atoms with van der Waals surface area (Å²) in [5.74, 6) is -0.375. The van der Waals surface area contributed by atoms with Gasteiger partial charge in [0.15, 0.2) is 5.96 Å². The third-order valence-electron chi connectivity index (χ3n) is 5.50. The van der Waals surface area contributed by atoms with E-state index in [0.717, 1.165) is 18.4 Å². The lowest BCUT2D eigenvalue weighted by Gasteiger charge is -2.17. The van der Waals surface area contributed by atoms with Crippen LogP contribution in [0, 0.1) is 5.82 Å². The molecule has 160 valence electrons. The summed E-state index contributed by atoms with van der Waals surface area (Å²) in [6.07, 6.45) is 1.50. The van der Waals surface area contributed by atoms with Gasteiger partial charge in [-0.15, -0.1) is 0 Å². The molecule has 3 aliphatic rings. The maximum absolute atomic E-state index is 15.1. The molecule has 31 heavy (non-hydrogen) atoms. The zero-order valence-corrected chi connectivity index (χ0v) is 16.8. The van der Waals surface area contributed by atoms with Crippen LogP contribution in [0.3, 0.4) is 0 Å². The number of guanidine groups is 1. The molecule has 1 aliphatic carbocycles. The molecule has 1 saturated carbocycles. The number of anilines is 3. The SMILES string of the molecule is O=C(N=C1NCCN1)c1cc(F)c(Nc2cccc(N3CCOC3=O)c2)c(C2CC2)c1. The normalized spacial score (nSPS) is 17.8. The van der Waals surface area contributed by atoms with Crippen molar-refractivity contribution in [2.75, 3.05) is 36.5 Å². The molecule has 2 aliphatic heterocycles. The number of amides is 2. The van der Waals surface area contributed by atoms with Crippen LogP contribution in [0.15, 0.2) is 41.4 Å². The summed E-state index contributed by atoms with van der Waals surface area (Å²) < 4.78 is 20.1. The number of benzene rings is 2. The van der Waals surface area contributed by atoms with Crippen LogP contribution in [0.4, 0.5) is 26.2 Å². The van der Waals surface area contributed by atoms with Crippen molar-refractivity contribution in [1.29, 1.82) is 0 Å². The molecule has 3 fully saturated rings. The van der Waals surface area contributed by atoms with Gasteiger partial charge in [0.1, 0.15) is 12.4 Å². The van der Waals surface area contributed by atoms with Crippen LogP contribution < -0.4 is 20.9 Å². The summed E-state index contributed by atoms with van der Waals surface area (Å²) in [7, 11) is 0. The molecule has 0 unspecified atom stereocenters. The van der Waals surface area contributed by atoms with Gasteiger partial charge < -0.3 is 20.7 Å². The van der Waals surface area contributed by atoms with Crippen molar-refractivity contribution in [2.45, 2.75) is 18.8 Å². The molecule has 0 atom stereocenters. The average Bonchev–Trinajstić information content (AvgIpc) is 3.31. The minimum absolute atomic E-state index is 0.205. The Labute approximate surface area is 178 Å². The first kappa shape index (κ1) is 19.3. The summed E-state index contributed by atoms with van der Waals surface area (Å²) >= 11 is 0. The minimum Gasteiger partial charge on any atom is -0.447 e. The van der Waals surface area contributed by atoms with Crippen molar-refractivity contribution in [1.82, 2.24) is 10.6 Å². The highest BCUT2D eigenvalue weighted by Gasteiger charge is 2.30. The highest BCUT2D eigenvalue weighted by atomic mass is 19.1. The zero-order valence-electron chi connectivity index (χ0n) is 16.8. The van der Waals surface area contributed by atoms with Gasteiger partial charge in [0.25, 0.3) is 5.91 Å². The van der Waals surface area contributed by atoms with Crippen LogP contribution in [0.1, 0.15) is 34.7 Å².